The van der Waals surface area contributed by atoms with Crippen molar-refractivity contribution < 1.29 is 14.3 Å². The van der Waals surface area contributed by atoms with Crippen molar-refractivity contribution in [2.75, 3.05) is 32.8 Å². The number of hydrogen-bond donors (Lipinski definition) is 2. The summed E-state index contributed by atoms with van der Waals surface area (Å²) in [5.74, 6) is 0.626. The molecule has 1 spiro atoms. The minimum atomic E-state index is -0.517. The molecule has 0 radical (unpaired) electrons. The lowest BCUT2D eigenvalue weighted by atomic mass is 9.73. The molecule has 2 atom stereocenters. The van der Waals surface area contributed by atoms with E-state index in [9.17, 15) is 9.59 Å². The Morgan fingerprint density at radius 2 is 1.81 bits per heavy atom. The minimum Gasteiger partial charge on any atom is -0.379 e. The summed E-state index contributed by atoms with van der Waals surface area (Å²) in [5, 5.41) is 5.93. The first-order valence-electron chi connectivity index (χ1n) is 10.7. The Balaban J connectivity index is 2.02. The average molecular weight is 382 g/mol. The number of rotatable bonds is 3. The van der Waals surface area contributed by atoms with Crippen molar-refractivity contribution in [2.24, 2.45) is 11.3 Å². The van der Waals surface area contributed by atoms with Gasteiger partial charge >= 0.3 is 0 Å². The molecule has 2 aliphatic rings. The van der Waals surface area contributed by atoms with E-state index in [1.54, 1.807) is 6.92 Å². The van der Waals surface area contributed by atoms with Crippen molar-refractivity contribution in [1.82, 2.24) is 15.5 Å². The molecular weight excluding hydrogens is 342 g/mol. The number of nitrogens with zero attached hydrogens (tertiary/aromatic N) is 1. The lowest BCUT2D eigenvalue weighted by Gasteiger charge is -2.41. The molecule has 156 valence electrons. The second-order valence-corrected chi connectivity index (χ2v) is 8.94. The average Bonchev–Trinajstić information content (AvgIpc) is 2.63. The minimum absolute atomic E-state index is 0.0456. The van der Waals surface area contributed by atoms with E-state index in [2.05, 4.69) is 29.4 Å². The number of carbonyl (C=O) groups is 2. The first-order chi connectivity index (χ1) is 12.8. The van der Waals surface area contributed by atoms with Crippen LogP contribution in [-0.4, -0.2) is 61.6 Å². The molecule has 0 saturated carbocycles. The zero-order valence-corrected chi connectivity index (χ0v) is 17.7. The fourth-order valence-electron chi connectivity index (χ4n) is 3.99. The molecule has 0 bridgehead atoms. The Kier molecular flexibility index (Phi) is 8.55. The molecule has 0 aliphatic carbocycles. The molecule has 2 saturated heterocycles. The maximum absolute atomic E-state index is 13.2. The molecule has 0 aromatic heterocycles. The quantitative estimate of drug-likeness (QED) is 0.787. The van der Waals surface area contributed by atoms with E-state index in [4.69, 9.17) is 4.74 Å². The normalized spacial score (nSPS) is 28.8. The van der Waals surface area contributed by atoms with Crippen LogP contribution in [-0.2, 0) is 14.3 Å². The molecule has 2 N–H and O–H groups in total. The summed E-state index contributed by atoms with van der Waals surface area (Å²) in [5.41, 5.74) is -0.345. The Labute approximate surface area is 164 Å². The summed E-state index contributed by atoms with van der Waals surface area (Å²) in [6, 6.07) is -0.563. The summed E-state index contributed by atoms with van der Waals surface area (Å²) in [6.07, 6.45) is 5.78. The van der Waals surface area contributed by atoms with Crippen LogP contribution in [0.25, 0.3) is 0 Å². The Hall–Kier alpha value is -1.14. The number of piperidine rings is 1. The molecule has 0 aromatic carbocycles. The number of likely N-dealkylation sites (tertiary alicyclic amines) is 1. The smallest absolute Gasteiger partial charge is 0.242 e. The lowest BCUT2D eigenvalue weighted by Crippen LogP contribution is -2.54. The van der Waals surface area contributed by atoms with Gasteiger partial charge in [0.05, 0.1) is 12.0 Å². The summed E-state index contributed by atoms with van der Waals surface area (Å²) in [6.45, 7) is 12.5. The van der Waals surface area contributed by atoms with Gasteiger partial charge in [-0.3, -0.25) is 9.59 Å². The third-order valence-electron chi connectivity index (χ3n) is 6.01. The third-order valence-corrected chi connectivity index (χ3v) is 6.01. The van der Waals surface area contributed by atoms with Gasteiger partial charge < -0.3 is 20.3 Å². The zero-order valence-electron chi connectivity index (χ0n) is 17.7. The number of ether oxygens (including phenoxy) is 1. The van der Waals surface area contributed by atoms with Gasteiger partial charge in [0.2, 0.25) is 11.8 Å². The van der Waals surface area contributed by atoms with Crippen LogP contribution in [0.3, 0.4) is 0 Å². The number of hydrogen-bond acceptors (Lipinski definition) is 4. The molecule has 0 unspecified atom stereocenters. The van der Waals surface area contributed by atoms with E-state index in [-0.39, 0.29) is 23.3 Å². The van der Waals surface area contributed by atoms with Gasteiger partial charge in [0.1, 0.15) is 6.04 Å². The van der Waals surface area contributed by atoms with Crippen molar-refractivity contribution in [3.8, 4) is 0 Å². The van der Waals surface area contributed by atoms with E-state index < -0.39 is 6.04 Å². The molecule has 6 nitrogen and oxygen atoms in total. The second-order valence-electron chi connectivity index (χ2n) is 8.94. The van der Waals surface area contributed by atoms with Gasteiger partial charge in [0.15, 0.2) is 0 Å². The molecule has 2 fully saturated rings. The fraction of sp³-hybridized carbons (Fsp3) is 0.905. The standard InChI is InChI=1S/C21H39N3O3/c1-16(2)7-11-24-12-9-21(10-13-24)8-5-6-14-27-15-17(3)22-19(25)18(4)23-20(21)26/h16-18H,5-15H2,1-4H3,(H,22,25)(H,23,26)/t17-,18-/m0/s1. The van der Waals surface area contributed by atoms with E-state index in [1.165, 1.54) is 6.42 Å². The first kappa shape index (κ1) is 22.2. The van der Waals surface area contributed by atoms with Crippen molar-refractivity contribution in [3.05, 3.63) is 0 Å². The van der Waals surface area contributed by atoms with Gasteiger partial charge in [-0.15, -0.1) is 0 Å². The Bertz CT molecular complexity index is 487. The summed E-state index contributed by atoms with van der Waals surface area (Å²) in [4.78, 5) is 28.0. The van der Waals surface area contributed by atoms with Crippen LogP contribution in [0, 0.1) is 11.3 Å². The molecule has 2 rings (SSSR count). The second kappa shape index (κ2) is 10.4. The van der Waals surface area contributed by atoms with Crippen molar-refractivity contribution >= 4 is 11.8 Å². The molecule has 0 aromatic rings. The summed E-state index contributed by atoms with van der Waals surface area (Å²) < 4.78 is 5.69. The van der Waals surface area contributed by atoms with Crippen LogP contribution in [0.2, 0.25) is 0 Å². The highest BCUT2D eigenvalue weighted by atomic mass is 16.5. The predicted molar refractivity (Wildman–Crippen MR) is 107 cm³/mol. The fourth-order valence-corrected chi connectivity index (χ4v) is 3.99. The highest BCUT2D eigenvalue weighted by Gasteiger charge is 2.41. The molecule has 2 heterocycles. The highest BCUT2D eigenvalue weighted by molar-refractivity contribution is 5.90. The highest BCUT2D eigenvalue weighted by Crippen LogP contribution is 2.37. The van der Waals surface area contributed by atoms with Crippen LogP contribution >= 0.6 is 0 Å². The predicted octanol–water partition coefficient (Wildman–Crippen LogP) is 2.32. The maximum atomic E-state index is 13.2. The van der Waals surface area contributed by atoms with Crippen molar-refractivity contribution in [1.29, 1.82) is 0 Å². The largest absolute Gasteiger partial charge is 0.379 e. The third kappa shape index (κ3) is 6.75. The number of nitrogens with one attached hydrogen (secondary N) is 2. The topological polar surface area (TPSA) is 70.7 Å². The Morgan fingerprint density at radius 3 is 2.48 bits per heavy atom. The SMILES string of the molecule is CC(C)CCN1CCC2(CCCCOC[C@H](C)NC(=O)[C@H](C)NC2=O)CC1. The van der Waals surface area contributed by atoms with Crippen molar-refractivity contribution in [3.63, 3.8) is 0 Å². The summed E-state index contributed by atoms with van der Waals surface area (Å²) in [7, 11) is 0. The van der Waals surface area contributed by atoms with Gasteiger partial charge in [-0.25, -0.2) is 0 Å². The van der Waals surface area contributed by atoms with E-state index >= 15 is 0 Å². The lowest BCUT2D eigenvalue weighted by molar-refractivity contribution is -0.138. The molecule has 6 heteroatoms. The van der Waals surface area contributed by atoms with E-state index in [0.717, 1.165) is 51.7 Å². The van der Waals surface area contributed by atoms with Gasteiger partial charge in [0, 0.05) is 12.6 Å². The monoisotopic (exact) mass is 381 g/mol. The first-order valence-corrected chi connectivity index (χ1v) is 10.7. The van der Waals surface area contributed by atoms with Crippen LogP contribution < -0.4 is 10.6 Å². The van der Waals surface area contributed by atoms with Gasteiger partial charge in [-0.1, -0.05) is 20.3 Å². The van der Waals surface area contributed by atoms with Gasteiger partial charge in [0.25, 0.3) is 0 Å². The van der Waals surface area contributed by atoms with Crippen LogP contribution in [0.15, 0.2) is 0 Å². The maximum Gasteiger partial charge on any atom is 0.242 e. The molecule has 27 heavy (non-hydrogen) atoms. The molecular formula is C21H39N3O3. The van der Waals surface area contributed by atoms with Crippen molar-refractivity contribution in [2.45, 2.75) is 78.3 Å². The molecule has 2 amide bonds. The van der Waals surface area contributed by atoms with E-state index in [0.29, 0.717) is 19.1 Å². The Morgan fingerprint density at radius 1 is 1.11 bits per heavy atom. The van der Waals surface area contributed by atoms with Gasteiger partial charge in [-0.05, 0) is 71.5 Å². The molecule has 2 aliphatic heterocycles. The van der Waals surface area contributed by atoms with E-state index in [1.807, 2.05) is 6.92 Å². The zero-order chi connectivity index (χ0) is 19.9. The number of carbonyl (C=O) groups excluding carboxylic acids is 2. The van der Waals surface area contributed by atoms with Crippen LogP contribution in [0.5, 0.6) is 0 Å². The summed E-state index contributed by atoms with van der Waals surface area (Å²) >= 11 is 0. The van der Waals surface area contributed by atoms with Crippen LogP contribution in [0.1, 0.15) is 66.2 Å². The van der Waals surface area contributed by atoms with Crippen LogP contribution in [0.4, 0.5) is 0 Å². The number of amides is 2. The van der Waals surface area contributed by atoms with Gasteiger partial charge in [-0.2, -0.15) is 0 Å².